The van der Waals surface area contributed by atoms with Crippen molar-refractivity contribution in [2.45, 2.75) is 6.04 Å². The Morgan fingerprint density at radius 3 is 2.50 bits per heavy atom. The summed E-state index contributed by atoms with van der Waals surface area (Å²) in [6.45, 7) is 2.85. The topological polar surface area (TPSA) is 68.8 Å². The van der Waals surface area contributed by atoms with Crippen LogP contribution in [0.4, 0.5) is 5.69 Å². The summed E-state index contributed by atoms with van der Waals surface area (Å²) >= 11 is 6.14. The van der Waals surface area contributed by atoms with Crippen LogP contribution in [0.25, 0.3) is 10.9 Å². The van der Waals surface area contributed by atoms with Gasteiger partial charge in [-0.2, -0.15) is 0 Å². The van der Waals surface area contributed by atoms with Crippen LogP contribution in [0.2, 0.25) is 5.02 Å². The van der Waals surface area contributed by atoms with E-state index in [0.29, 0.717) is 18.1 Å². The van der Waals surface area contributed by atoms with Gasteiger partial charge in [0.25, 0.3) is 0 Å². The van der Waals surface area contributed by atoms with E-state index in [-0.39, 0.29) is 0 Å². The Balaban J connectivity index is 1.53. The molecule has 2 heterocycles. The molecule has 1 aliphatic heterocycles. The van der Waals surface area contributed by atoms with Gasteiger partial charge in [-0.15, -0.1) is 0 Å². The van der Waals surface area contributed by atoms with E-state index in [1.165, 1.54) is 0 Å². The molecular formula is C21H22ClN3O3. The van der Waals surface area contributed by atoms with E-state index >= 15 is 0 Å². The van der Waals surface area contributed by atoms with Gasteiger partial charge in [-0.05, 0) is 42.5 Å². The third kappa shape index (κ3) is 3.53. The van der Waals surface area contributed by atoms with Gasteiger partial charge in [0.1, 0.15) is 11.8 Å². The SMILES string of the molecule is COc1ccc(N2CCN(C(C(=O)O)c3c[nH]c4ccc(Cl)cc34)CC2)cc1. The van der Waals surface area contributed by atoms with Crippen molar-refractivity contribution in [2.75, 3.05) is 38.2 Å². The normalized spacial score (nSPS) is 16.3. The molecule has 7 heteroatoms. The molecule has 28 heavy (non-hydrogen) atoms. The van der Waals surface area contributed by atoms with Gasteiger partial charge in [0, 0.05) is 59.6 Å². The number of H-pyrrole nitrogens is 1. The molecule has 0 radical (unpaired) electrons. The number of aromatic nitrogens is 1. The van der Waals surface area contributed by atoms with Crippen molar-refractivity contribution in [1.29, 1.82) is 0 Å². The summed E-state index contributed by atoms with van der Waals surface area (Å²) in [4.78, 5) is 19.6. The smallest absolute Gasteiger partial charge is 0.325 e. The van der Waals surface area contributed by atoms with Gasteiger partial charge >= 0.3 is 5.97 Å². The van der Waals surface area contributed by atoms with E-state index in [2.05, 4.69) is 9.88 Å². The van der Waals surface area contributed by atoms with Crippen LogP contribution < -0.4 is 9.64 Å². The number of carbonyl (C=O) groups is 1. The number of nitrogens with one attached hydrogen (secondary N) is 1. The van der Waals surface area contributed by atoms with Crippen LogP contribution in [0.1, 0.15) is 11.6 Å². The first-order chi connectivity index (χ1) is 13.6. The molecule has 3 aromatic rings. The minimum atomic E-state index is -0.848. The Morgan fingerprint density at radius 2 is 1.86 bits per heavy atom. The number of carboxylic acids is 1. The van der Waals surface area contributed by atoms with Crippen LogP contribution in [-0.2, 0) is 4.79 Å². The molecule has 6 nitrogen and oxygen atoms in total. The number of fused-ring (bicyclic) bond motifs is 1. The van der Waals surface area contributed by atoms with Gasteiger partial charge in [-0.3, -0.25) is 9.69 Å². The van der Waals surface area contributed by atoms with Gasteiger partial charge in [-0.25, -0.2) is 0 Å². The Hall–Kier alpha value is -2.70. The lowest BCUT2D eigenvalue weighted by Gasteiger charge is -2.38. The Morgan fingerprint density at radius 1 is 1.14 bits per heavy atom. The number of halogens is 1. The fourth-order valence-electron chi connectivity index (χ4n) is 3.86. The number of carboxylic acid groups (broad SMARTS) is 1. The molecule has 1 fully saturated rings. The molecule has 1 saturated heterocycles. The highest BCUT2D eigenvalue weighted by Gasteiger charge is 2.32. The quantitative estimate of drug-likeness (QED) is 0.683. The highest BCUT2D eigenvalue weighted by molar-refractivity contribution is 6.31. The second-order valence-corrected chi connectivity index (χ2v) is 7.33. The van der Waals surface area contributed by atoms with Crippen molar-refractivity contribution in [3.05, 3.63) is 59.2 Å². The number of anilines is 1. The van der Waals surface area contributed by atoms with E-state index in [1.807, 2.05) is 41.3 Å². The molecule has 1 atom stereocenters. The average molecular weight is 400 g/mol. The van der Waals surface area contributed by atoms with Crippen molar-refractivity contribution < 1.29 is 14.6 Å². The van der Waals surface area contributed by atoms with Gasteiger partial charge in [0.2, 0.25) is 0 Å². The van der Waals surface area contributed by atoms with Crippen LogP contribution in [0.15, 0.2) is 48.7 Å². The molecule has 1 aliphatic rings. The molecule has 4 rings (SSSR count). The zero-order valence-corrected chi connectivity index (χ0v) is 16.3. The summed E-state index contributed by atoms with van der Waals surface area (Å²) < 4.78 is 5.21. The highest BCUT2D eigenvalue weighted by atomic mass is 35.5. The van der Waals surface area contributed by atoms with E-state index in [1.54, 1.807) is 19.4 Å². The fraction of sp³-hybridized carbons (Fsp3) is 0.286. The third-order valence-electron chi connectivity index (χ3n) is 5.32. The number of piperazine rings is 1. The molecule has 0 spiro atoms. The molecule has 1 unspecified atom stereocenters. The zero-order valence-electron chi connectivity index (χ0n) is 15.6. The third-order valence-corrected chi connectivity index (χ3v) is 5.56. The lowest BCUT2D eigenvalue weighted by molar-refractivity contribution is -0.143. The number of aliphatic carboxylic acids is 1. The number of rotatable bonds is 5. The predicted molar refractivity (Wildman–Crippen MR) is 110 cm³/mol. The van der Waals surface area contributed by atoms with Gasteiger partial charge < -0.3 is 19.7 Å². The van der Waals surface area contributed by atoms with Gasteiger partial charge in [0.05, 0.1) is 7.11 Å². The largest absolute Gasteiger partial charge is 0.497 e. The maximum absolute atomic E-state index is 12.1. The summed E-state index contributed by atoms with van der Waals surface area (Å²) in [5.74, 6) is -0.0231. The number of hydrogen-bond acceptors (Lipinski definition) is 4. The van der Waals surface area contributed by atoms with Gasteiger partial charge in [0.15, 0.2) is 0 Å². The van der Waals surface area contributed by atoms with E-state index in [0.717, 1.165) is 41.0 Å². The molecule has 0 amide bonds. The van der Waals surface area contributed by atoms with E-state index < -0.39 is 12.0 Å². The number of nitrogens with zero attached hydrogens (tertiary/aromatic N) is 2. The summed E-state index contributed by atoms with van der Waals surface area (Å²) in [7, 11) is 1.65. The first-order valence-electron chi connectivity index (χ1n) is 9.19. The van der Waals surface area contributed by atoms with Crippen LogP contribution in [-0.4, -0.2) is 54.2 Å². The maximum Gasteiger partial charge on any atom is 0.325 e. The summed E-state index contributed by atoms with van der Waals surface area (Å²) in [5, 5.41) is 11.4. The lowest BCUT2D eigenvalue weighted by atomic mass is 10.0. The Kier molecular flexibility index (Phi) is 5.15. The van der Waals surface area contributed by atoms with Crippen molar-refractivity contribution in [3.8, 4) is 5.75 Å². The lowest BCUT2D eigenvalue weighted by Crippen LogP contribution is -2.49. The first-order valence-corrected chi connectivity index (χ1v) is 9.57. The minimum absolute atomic E-state index is 0.599. The van der Waals surface area contributed by atoms with Crippen molar-refractivity contribution in [1.82, 2.24) is 9.88 Å². The highest BCUT2D eigenvalue weighted by Crippen LogP contribution is 2.32. The fourth-order valence-corrected chi connectivity index (χ4v) is 4.03. The van der Waals surface area contributed by atoms with Crippen molar-refractivity contribution in [2.24, 2.45) is 0 Å². The van der Waals surface area contributed by atoms with E-state index in [9.17, 15) is 9.90 Å². The monoisotopic (exact) mass is 399 g/mol. The number of methoxy groups -OCH3 is 1. The molecule has 2 N–H and O–H groups in total. The molecule has 1 aromatic heterocycles. The molecule has 0 aliphatic carbocycles. The second-order valence-electron chi connectivity index (χ2n) is 6.90. The molecule has 146 valence electrons. The second kappa shape index (κ2) is 7.73. The van der Waals surface area contributed by atoms with Crippen molar-refractivity contribution >= 4 is 34.2 Å². The van der Waals surface area contributed by atoms with Crippen molar-refractivity contribution in [3.63, 3.8) is 0 Å². The Labute approximate surface area is 168 Å². The predicted octanol–water partition coefficient (Wildman–Crippen LogP) is 3.78. The standard InChI is InChI=1S/C21H22ClN3O3/c1-28-16-5-3-15(4-6-16)24-8-10-25(11-9-24)20(21(26)27)18-13-23-19-7-2-14(22)12-17(18)19/h2-7,12-13,20,23H,8-11H2,1H3,(H,26,27). The first kappa shape index (κ1) is 18.7. The minimum Gasteiger partial charge on any atom is -0.497 e. The maximum atomic E-state index is 12.1. The molecule has 2 aromatic carbocycles. The molecule has 0 saturated carbocycles. The molecule has 0 bridgehead atoms. The average Bonchev–Trinajstić information content (AvgIpc) is 3.11. The number of ether oxygens (including phenoxy) is 1. The number of aromatic amines is 1. The Bertz CT molecular complexity index is 978. The van der Waals surface area contributed by atoms with Gasteiger partial charge in [-0.1, -0.05) is 11.6 Å². The number of benzene rings is 2. The molecular weight excluding hydrogens is 378 g/mol. The zero-order chi connectivity index (χ0) is 19.7. The van der Waals surface area contributed by atoms with Crippen LogP contribution >= 0.6 is 11.6 Å². The summed E-state index contributed by atoms with van der Waals surface area (Å²) in [6, 6.07) is 12.7. The van der Waals surface area contributed by atoms with Crippen LogP contribution in [0, 0.1) is 0 Å². The summed E-state index contributed by atoms with van der Waals surface area (Å²) in [6.07, 6.45) is 1.79. The van der Waals surface area contributed by atoms with Crippen LogP contribution in [0.5, 0.6) is 5.75 Å². The summed E-state index contributed by atoms with van der Waals surface area (Å²) in [5.41, 5.74) is 2.76. The van der Waals surface area contributed by atoms with E-state index in [4.69, 9.17) is 16.3 Å². The number of hydrogen-bond donors (Lipinski definition) is 2. The van der Waals surface area contributed by atoms with Crippen LogP contribution in [0.3, 0.4) is 0 Å².